The highest BCUT2D eigenvalue weighted by molar-refractivity contribution is 5.81. The van der Waals surface area contributed by atoms with Crippen LogP contribution in [0, 0.1) is 11.8 Å². The van der Waals surface area contributed by atoms with Gasteiger partial charge in [-0.25, -0.2) is 0 Å². The van der Waals surface area contributed by atoms with Crippen LogP contribution in [0.4, 0.5) is 0 Å². The Morgan fingerprint density at radius 3 is 2.52 bits per heavy atom. The number of aliphatic hydroxyl groups is 1. The Morgan fingerprint density at radius 2 is 1.81 bits per heavy atom. The van der Waals surface area contributed by atoms with Crippen molar-refractivity contribution in [3.8, 4) is 0 Å². The van der Waals surface area contributed by atoms with Crippen molar-refractivity contribution in [3.63, 3.8) is 0 Å². The molecular formula is C16H28N2O3. The van der Waals surface area contributed by atoms with E-state index in [-0.39, 0.29) is 30.3 Å². The number of carbonyl (C=O) groups is 2. The first-order valence-corrected chi connectivity index (χ1v) is 8.33. The van der Waals surface area contributed by atoms with Crippen LogP contribution >= 0.6 is 0 Å². The van der Waals surface area contributed by atoms with Crippen LogP contribution in [0.15, 0.2) is 0 Å². The van der Waals surface area contributed by atoms with Crippen LogP contribution in [0.3, 0.4) is 0 Å². The van der Waals surface area contributed by atoms with Gasteiger partial charge in [-0.1, -0.05) is 6.92 Å². The molecule has 0 bridgehead atoms. The van der Waals surface area contributed by atoms with E-state index in [4.69, 9.17) is 0 Å². The summed E-state index contributed by atoms with van der Waals surface area (Å²) < 4.78 is 0. The van der Waals surface area contributed by atoms with Crippen molar-refractivity contribution in [2.75, 3.05) is 32.8 Å². The topological polar surface area (TPSA) is 60.9 Å². The first kappa shape index (κ1) is 16.3. The fourth-order valence-electron chi connectivity index (χ4n) is 3.45. The van der Waals surface area contributed by atoms with Crippen molar-refractivity contribution in [3.05, 3.63) is 0 Å². The lowest BCUT2D eigenvalue weighted by atomic mass is 9.93. The van der Waals surface area contributed by atoms with Crippen molar-refractivity contribution in [2.24, 2.45) is 11.8 Å². The average Bonchev–Trinajstić information content (AvgIpc) is 2.54. The number of piperidine rings is 2. The van der Waals surface area contributed by atoms with Gasteiger partial charge in [0.25, 0.3) is 0 Å². The monoisotopic (exact) mass is 296 g/mol. The molecule has 2 aliphatic heterocycles. The zero-order chi connectivity index (χ0) is 15.2. The van der Waals surface area contributed by atoms with Crippen molar-refractivity contribution in [1.29, 1.82) is 0 Å². The van der Waals surface area contributed by atoms with E-state index < -0.39 is 0 Å². The third-order valence-electron chi connectivity index (χ3n) is 4.68. The summed E-state index contributed by atoms with van der Waals surface area (Å²) in [6.07, 6.45) is 5.22. The summed E-state index contributed by atoms with van der Waals surface area (Å²) in [6, 6.07) is 0. The number of rotatable bonds is 4. The summed E-state index contributed by atoms with van der Waals surface area (Å²) in [7, 11) is 0. The third kappa shape index (κ3) is 4.19. The molecule has 2 fully saturated rings. The highest BCUT2D eigenvalue weighted by Crippen LogP contribution is 2.23. The van der Waals surface area contributed by atoms with Gasteiger partial charge in [0.05, 0.1) is 5.92 Å². The van der Waals surface area contributed by atoms with Gasteiger partial charge >= 0.3 is 0 Å². The first-order valence-electron chi connectivity index (χ1n) is 8.33. The minimum atomic E-state index is -0.0444. The Morgan fingerprint density at radius 1 is 1.10 bits per heavy atom. The summed E-state index contributed by atoms with van der Waals surface area (Å²) in [4.78, 5) is 28.4. The molecule has 2 heterocycles. The molecule has 2 amide bonds. The van der Waals surface area contributed by atoms with Crippen LogP contribution in [0.25, 0.3) is 0 Å². The van der Waals surface area contributed by atoms with E-state index >= 15 is 0 Å². The van der Waals surface area contributed by atoms with Crippen LogP contribution in [0.1, 0.15) is 45.4 Å². The van der Waals surface area contributed by atoms with Crippen LogP contribution in [0.5, 0.6) is 0 Å². The number of amides is 2. The van der Waals surface area contributed by atoms with Gasteiger partial charge < -0.3 is 14.9 Å². The Kier molecular flexibility index (Phi) is 6.03. The Hall–Kier alpha value is -1.10. The number of likely N-dealkylation sites (tertiary alicyclic amines) is 2. The van der Waals surface area contributed by atoms with Crippen LogP contribution < -0.4 is 0 Å². The molecule has 1 N–H and O–H groups in total. The first-order chi connectivity index (χ1) is 10.2. The van der Waals surface area contributed by atoms with E-state index in [9.17, 15) is 14.7 Å². The second-order valence-corrected chi connectivity index (χ2v) is 6.40. The van der Waals surface area contributed by atoms with Gasteiger partial charge in [0.2, 0.25) is 11.8 Å². The average molecular weight is 296 g/mol. The second-order valence-electron chi connectivity index (χ2n) is 6.40. The second kappa shape index (κ2) is 7.78. The molecule has 2 rings (SSSR count). The van der Waals surface area contributed by atoms with Crippen molar-refractivity contribution >= 4 is 11.8 Å². The van der Waals surface area contributed by atoms with E-state index in [2.05, 4.69) is 0 Å². The Balaban J connectivity index is 1.91. The summed E-state index contributed by atoms with van der Waals surface area (Å²) in [5.41, 5.74) is 0. The molecule has 0 aromatic heterocycles. The maximum atomic E-state index is 12.6. The molecule has 21 heavy (non-hydrogen) atoms. The zero-order valence-corrected chi connectivity index (χ0v) is 13.1. The molecule has 2 saturated heterocycles. The van der Waals surface area contributed by atoms with Crippen molar-refractivity contribution < 1.29 is 14.7 Å². The molecule has 0 saturated carbocycles. The molecule has 0 spiro atoms. The quantitative estimate of drug-likeness (QED) is 0.849. The predicted octanol–water partition coefficient (Wildman–Crippen LogP) is 1.26. The van der Waals surface area contributed by atoms with E-state index in [1.165, 1.54) is 0 Å². The van der Waals surface area contributed by atoms with E-state index in [1.54, 1.807) is 0 Å². The molecular weight excluding hydrogens is 268 g/mol. The highest BCUT2D eigenvalue weighted by atomic mass is 16.3. The van der Waals surface area contributed by atoms with Crippen LogP contribution in [0.2, 0.25) is 0 Å². The summed E-state index contributed by atoms with van der Waals surface area (Å²) in [6.45, 7) is 5.02. The SMILES string of the molecule is CCCC(=O)N1CCCC(C(=O)N2CCCC(CO)C2)C1. The van der Waals surface area contributed by atoms with Crippen molar-refractivity contribution in [2.45, 2.75) is 45.4 Å². The van der Waals surface area contributed by atoms with Gasteiger partial charge in [-0.05, 0) is 38.0 Å². The fourth-order valence-corrected chi connectivity index (χ4v) is 3.45. The molecule has 2 aliphatic rings. The lowest BCUT2D eigenvalue weighted by Gasteiger charge is -2.38. The van der Waals surface area contributed by atoms with Gasteiger partial charge in [-0.2, -0.15) is 0 Å². The number of nitrogens with zero attached hydrogens (tertiary/aromatic N) is 2. The minimum Gasteiger partial charge on any atom is -0.396 e. The minimum absolute atomic E-state index is 0.0444. The van der Waals surface area contributed by atoms with E-state index in [0.717, 1.165) is 45.2 Å². The molecule has 5 heteroatoms. The van der Waals surface area contributed by atoms with Crippen molar-refractivity contribution in [1.82, 2.24) is 9.80 Å². The molecule has 0 aromatic carbocycles. The molecule has 0 aromatic rings. The normalized spacial score (nSPS) is 26.8. The number of hydrogen-bond acceptors (Lipinski definition) is 3. The molecule has 5 nitrogen and oxygen atoms in total. The smallest absolute Gasteiger partial charge is 0.227 e. The molecule has 2 unspecified atom stereocenters. The fraction of sp³-hybridized carbons (Fsp3) is 0.875. The third-order valence-corrected chi connectivity index (χ3v) is 4.68. The van der Waals surface area contributed by atoms with Gasteiger partial charge in [-0.15, -0.1) is 0 Å². The largest absolute Gasteiger partial charge is 0.396 e. The Labute approximate surface area is 127 Å². The standard InChI is InChI=1S/C16H28N2O3/c1-2-5-15(20)17-8-4-7-14(11-17)16(21)18-9-3-6-13(10-18)12-19/h13-14,19H,2-12H2,1H3. The lowest BCUT2D eigenvalue weighted by molar-refractivity contribution is -0.142. The van der Waals surface area contributed by atoms with E-state index in [1.807, 2.05) is 16.7 Å². The number of carbonyl (C=O) groups excluding carboxylic acids is 2. The molecule has 0 radical (unpaired) electrons. The maximum absolute atomic E-state index is 12.6. The van der Waals surface area contributed by atoms with Gasteiger partial charge in [0.15, 0.2) is 0 Å². The molecule has 2 atom stereocenters. The maximum Gasteiger partial charge on any atom is 0.227 e. The molecule has 0 aliphatic carbocycles. The van der Waals surface area contributed by atoms with Crippen LogP contribution in [-0.2, 0) is 9.59 Å². The lowest BCUT2D eigenvalue weighted by Crippen LogP contribution is -2.49. The summed E-state index contributed by atoms with van der Waals surface area (Å²) in [5, 5.41) is 9.28. The zero-order valence-electron chi connectivity index (χ0n) is 13.1. The predicted molar refractivity (Wildman–Crippen MR) is 80.6 cm³/mol. The highest BCUT2D eigenvalue weighted by Gasteiger charge is 2.32. The summed E-state index contributed by atoms with van der Waals surface area (Å²) >= 11 is 0. The van der Waals surface area contributed by atoms with E-state index in [0.29, 0.717) is 19.5 Å². The van der Waals surface area contributed by atoms with Gasteiger partial charge in [0, 0.05) is 39.2 Å². The number of hydrogen-bond donors (Lipinski definition) is 1. The van der Waals surface area contributed by atoms with Gasteiger partial charge in [-0.3, -0.25) is 9.59 Å². The van der Waals surface area contributed by atoms with Crippen LogP contribution in [-0.4, -0.2) is 59.5 Å². The molecule has 120 valence electrons. The summed E-state index contributed by atoms with van der Waals surface area (Å²) in [5.74, 6) is 0.546. The Bertz CT molecular complexity index is 373. The van der Waals surface area contributed by atoms with Gasteiger partial charge in [0.1, 0.15) is 0 Å². The number of aliphatic hydroxyl groups excluding tert-OH is 1.